The van der Waals surface area contributed by atoms with Crippen LogP contribution in [0.1, 0.15) is 5.56 Å². The van der Waals surface area contributed by atoms with Gasteiger partial charge in [-0.2, -0.15) is 5.26 Å². The van der Waals surface area contributed by atoms with E-state index in [0.717, 1.165) is 10.8 Å². The highest BCUT2D eigenvalue weighted by Gasteiger charge is 2.10. The van der Waals surface area contributed by atoms with Crippen molar-refractivity contribution in [2.24, 2.45) is 0 Å². The number of rotatable bonds is 6. The first kappa shape index (κ1) is 18.0. The Morgan fingerprint density at radius 1 is 0.926 bits per heavy atom. The van der Waals surface area contributed by atoms with Crippen LogP contribution in [0.4, 0.5) is 5.69 Å². The van der Waals surface area contributed by atoms with Crippen molar-refractivity contribution in [3.63, 3.8) is 0 Å². The van der Waals surface area contributed by atoms with Gasteiger partial charge in [0.25, 0.3) is 5.91 Å². The van der Waals surface area contributed by atoms with Gasteiger partial charge < -0.3 is 14.8 Å². The summed E-state index contributed by atoms with van der Waals surface area (Å²) in [7, 11) is 0. The number of hydrogen-bond acceptors (Lipinski definition) is 5. The second kappa shape index (κ2) is 8.50. The van der Waals surface area contributed by atoms with Gasteiger partial charge in [0.2, 0.25) is 0 Å². The number of nitrogens with zero attached hydrogens (tertiary/aromatic N) is 1. The fourth-order valence-corrected chi connectivity index (χ4v) is 2.46. The second-order valence-electron chi connectivity index (χ2n) is 5.66. The number of esters is 1. The highest BCUT2D eigenvalue weighted by Crippen LogP contribution is 2.20. The number of nitriles is 1. The molecule has 0 aliphatic rings. The molecular formula is C21H16N2O4. The Labute approximate surface area is 155 Å². The zero-order valence-electron chi connectivity index (χ0n) is 14.3. The standard InChI is InChI=1S/C21H16N2O4/c22-12-17-7-3-4-8-19(17)23-20(24)13-27-21(25)14-26-18-10-9-15-5-1-2-6-16(15)11-18/h1-11H,13-14H2,(H,23,24). The van der Waals surface area contributed by atoms with E-state index in [0.29, 0.717) is 17.0 Å². The number of benzene rings is 3. The summed E-state index contributed by atoms with van der Waals surface area (Å²) in [4.78, 5) is 23.6. The molecule has 6 heteroatoms. The second-order valence-corrected chi connectivity index (χ2v) is 5.66. The summed E-state index contributed by atoms with van der Waals surface area (Å²) >= 11 is 0. The van der Waals surface area contributed by atoms with Gasteiger partial charge in [-0.15, -0.1) is 0 Å². The van der Waals surface area contributed by atoms with E-state index in [1.54, 1.807) is 30.3 Å². The SMILES string of the molecule is N#Cc1ccccc1NC(=O)COC(=O)COc1ccc2ccccc2c1. The van der Waals surface area contributed by atoms with Crippen LogP contribution in [0.15, 0.2) is 66.7 Å². The smallest absolute Gasteiger partial charge is 0.344 e. The van der Waals surface area contributed by atoms with Gasteiger partial charge in [0, 0.05) is 0 Å². The molecule has 0 saturated heterocycles. The number of anilines is 1. The van der Waals surface area contributed by atoms with Gasteiger partial charge in [0.15, 0.2) is 13.2 Å². The van der Waals surface area contributed by atoms with Gasteiger partial charge in [0.1, 0.15) is 11.8 Å². The number of carbonyl (C=O) groups excluding carboxylic acids is 2. The predicted molar refractivity (Wildman–Crippen MR) is 100 cm³/mol. The largest absolute Gasteiger partial charge is 0.482 e. The molecule has 0 aromatic heterocycles. The van der Waals surface area contributed by atoms with Crippen molar-refractivity contribution in [3.05, 3.63) is 72.3 Å². The van der Waals surface area contributed by atoms with Gasteiger partial charge in [-0.25, -0.2) is 4.79 Å². The number of fused-ring (bicyclic) bond motifs is 1. The fourth-order valence-electron chi connectivity index (χ4n) is 2.46. The lowest BCUT2D eigenvalue weighted by Crippen LogP contribution is -2.24. The molecule has 0 heterocycles. The van der Waals surface area contributed by atoms with Gasteiger partial charge in [-0.3, -0.25) is 4.79 Å². The van der Waals surface area contributed by atoms with E-state index in [-0.39, 0.29) is 6.61 Å². The topological polar surface area (TPSA) is 88.4 Å². The van der Waals surface area contributed by atoms with E-state index in [2.05, 4.69) is 5.32 Å². The molecule has 0 radical (unpaired) electrons. The maximum atomic E-state index is 11.9. The Kier molecular flexibility index (Phi) is 5.65. The molecule has 0 spiro atoms. The van der Waals surface area contributed by atoms with Crippen LogP contribution in [0, 0.1) is 11.3 Å². The molecule has 0 aliphatic heterocycles. The van der Waals surface area contributed by atoms with Crippen molar-refractivity contribution in [1.82, 2.24) is 0 Å². The number of carbonyl (C=O) groups is 2. The van der Waals surface area contributed by atoms with Crippen LogP contribution in [0.25, 0.3) is 10.8 Å². The maximum absolute atomic E-state index is 11.9. The average molecular weight is 360 g/mol. The quantitative estimate of drug-likeness (QED) is 0.682. The lowest BCUT2D eigenvalue weighted by Gasteiger charge is -2.09. The highest BCUT2D eigenvalue weighted by molar-refractivity contribution is 5.94. The molecular weight excluding hydrogens is 344 g/mol. The molecule has 0 fully saturated rings. The fraction of sp³-hybridized carbons (Fsp3) is 0.0952. The molecule has 134 valence electrons. The van der Waals surface area contributed by atoms with E-state index in [1.807, 2.05) is 42.5 Å². The first-order valence-electron chi connectivity index (χ1n) is 8.22. The van der Waals surface area contributed by atoms with Crippen LogP contribution in [0.3, 0.4) is 0 Å². The monoisotopic (exact) mass is 360 g/mol. The third-order valence-corrected chi connectivity index (χ3v) is 3.76. The van der Waals surface area contributed by atoms with E-state index < -0.39 is 18.5 Å². The van der Waals surface area contributed by atoms with E-state index >= 15 is 0 Å². The third kappa shape index (κ3) is 4.83. The minimum absolute atomic E-state index is 0.305. The molecule has 0 aliphatic carbocycles. The average Bonchev–Trinajstić information content (AvgIpc) is 2.71. The number of para-hydroxylation sites is 1. The van der Waals surface area contributed by atoms with Crippen molar-refractivity contribution in [3.8, 4) is 11.8 Å². The molecule has 1 N–H and O–H groups in total. The Hall–Kier alpha value is -3.85. The summed E-state index contributed by atoms with van der Waals surface area (Å²) in [5.41, 5.74) is 0.699. The third-order valence-electron chi connectivity index (χ3n) is 3.76. The number of amides is 1. The summed E-state index contributed by atoms with van der Waals surface area (Å²) in [6, 6.07) is 21.8. The summed E-state index contributed by atoms with van der Waals surface area (Å²) in [6.45, 7) is -0.764. The Balaban J connectivity index is 1.47. The molecule has 3 aromatic carbocycles. The zero-order chi connectivity index (χ0) is 19.1. The summed E-state index contributed by atoms with van der Waals surface area (Å²) in [5.74, 6) is -0.651. The van der Waals surface area contributed by atoms with E-state index in [4.69, 9.17) is 14.7 Å². The summed E-state index contributed by atoms with van der Waals surface area (Å²) in [5, 5.41) is 13.6. The number of hydrogen-bond donors (Lipinski definition) is 1. The van der Waals surface area contributed by atoms with Crippen LogP contribution in [-0.2, 0) is 14.3 Å². The molecule has 0 saturated carbocycles. The van der Waals surface area contributed by atoms with E-state index in [1.165, 1.54) is 0 Å². The molecule has 0 unspecified atom stereocenters. The van der Waals surface area contributed by atoms with Crippen LogP contribution in [0.2, 0.25) is 0 Å². The first-order valence-corrected chi connectivity index (χ1v) is 8.22. The minimum atomic E-state index is -0.660. The van der Waals surface area contributed by atoms with Gasteiger partial charge in [-0.1, -0.05) is 42.5 Å². The summed E-state index contributed by atoms with van der Waals surface area (Å²) in [6.07, 6.45) is 0. The van der Waals surface area contributed by atoms with Gasteiger partial charge >= 0.3 is 5.97 Å². The van der Waals surface area contributed by atoms with Crippen molar-refractivity contribution < 1.29 is 19.1 Å². The molecule has 0 atom stereocenters. The maximum Gasteiger partial charge on any atom is 0.344 e. The first-order chi connectivity index (χ1) is 13.2. The lowest BCUT2D eigenvalue weighted by molar-refractivity contribution is -0.149. The number of ether oxygens (including phenoxy) is 2. The normalized spacial score (nSPS) is 10.0. The Bertz CT molecular complexity index is 1020. The van der Waals surface area contributed by atoms with Crippen molar-refractivity contribution >= 4 is 28.3 Å². The van der Waals surface area contributed by atoms with Crippen molar-refractivity contribution in [1.29, 1.82) is 5.26 Å². The minimum Gasteiger partial charge on any atom is -0.482 e. The molecule has 3 rings (SSSR count). The van der Waals surface area contributed by atoms with Gasteiger partial charge in [0.05, 0.1) is 11.3 Å². The van der Waals surface area contributed by atoms with Crippen LogP contribution in [-0.4, -0.2) is 25.1 Å². The predicted octanol–water partition coefficient (Wildman–Crippen LogP) is 3.27. The Morgan fingerprint density at radius 3 is 2.48 bits per heavy atom. The highest BCUT2D eigenvalue weighted by atomic mass is 16.6. The Morgan fingerprint density at radius 2 is 1.67 bits per heavy atom. The van der Waals surface area contributed by atoms with Gasteiger partial charge in [-0.05, 0) is 35.0 Å². The van der Waals surface area contributed by atoms with Crippen molar-refractivity contribution in [2.75, 3.05) is 18.5 Å². The molecule has 1 amide bonds. The van der Waals surface area contributed by atoms with Crippen LogP contribution in [0.5, 0.6) is 5.75 Å². The van der Waals surface area contributed by atoms with Crippen LogP contribution >= 0.6 is 0 Å². The zero-order valence-corrected chi connectivity index (χ0v) is 14.3. The summed E-state index contributed by atoms with van der Waals surface area (Å²) < 4.78 is 10.3. The molecule has 0 bridgehead atoms. The molecule has 27 heavy (non-hydrogen) atoms. The number of nitrogens with one attached hydrogen (secondary N) is 1. The molecule has 3 aromatic rings. The molecule has 6 nitrogen and oxygen atoms in total. The lowest BCUT2D eigenvalue weighted by atomic mass is 10.1. The van der Waals surface area contributed by atoms with Crippen LogP contribution < -0.4 is 10.1 Å². The van der Waals surface area contributed by atoms with Crippen molar-refractivity contribution in [2.45, 2.75) is 0 Å². The van der Waals surface area contributed by atoms with E-state index in [9.17, 15) is 9.59 Å².